The standard InChI is InChI=1S/C11H15BrFN3/c1-14-5-8-2-3-16(7-8)11-10(13)4-9(12)6-15-11/h4,6,8,14H,2-3,5,7H2,1H3. The van der Waals surface area contributed by atoms with Crippen molar-refractivity contribution in [3.63, 3.8) is 0 Å². The Hall–Kier alpha value is -0.680. The van der Waals surface area contributed by atoms with Crippen molar-refractivity contribution < 1.29 is 4.39 Å². The van der Waals surface area contributed by atoms with Gasteiger partial charge in [0.05, 0.1) is 0 Å². The van der Waals surface area contributed by atoms with Crippen LogP contribution in [0.5, 0.6) is 0 Å². The van der Waals surface area contributed by atoms with Crippen molar-refractivity contribution in [1.82, 2.24) is 10.3 Å². The molecule has 5 heteroatoms. The number of aromatic nitrogens is 1. The van der Waals surface area contributed by atoms with Gasteiger partial charge in [-0.15, -0.1) is 0 Å². The van der Waals surface area contributed by atoms with Crippen molar-refractivity contribution in [1.29, 1.82) is 0 Å². The van der Waals surface area contributed by atoms with E-state index in [1.54, 1.807) is 6.20 Å². The fourth-order valence-electron chi connectivity index (χ4n) is 2.12. The topological polar surface area (TPSA) is 28.2 Å². The predicted molar refractivity (Wildman–Crippen MR) is 66.1 cm³/mol. The Morgan fingerprint density at radius 3 is 3.19 bits per heavy atom. The number of rotatable bonds is 3. The molecule has 0 spiro atoms. The fraction of sp³-hybridized carbons (Fsp3) is 0.545. The van der Waals surface area contributed by atoms with Crippen LogP contribution < -0.4 is 10.2 Å². The summed E-state index contributed by atoms with van der Waals surface area (Å²) in [6.07, 6.45) is 2.74. The van der Waals surface area contributed by atoms with Crippen molar-refractivity contribution in [2.75, 3.05) is 31.6 Å². The molecule has 1 aliphatic rings. The predicted octanol–water partition coefficient (Wildman–Crippen LogP) is 2.03. The van der Waals surface area contributed by atoms with E-state index in [-0.39, 0.29) is 5.82 Å². The van der Waals surface area contributed by atoms with Crippen LogP contribution in [-0.2, 0) is 0 Å². The Balaban J connectivity index is 2.08. The minimum Gasteiger partial charge on any atom is -0.354 e. The molecular weight excluding hydrogens is 273 g/mol. The molecule has 1 unspecified atom stereocenters. The molecule has 2 rings (SSSR count). The molecule has 1 N–H and O–H groups in total. The van der Waals surface area contributed by atoms with Gasteiger partial charge in [-0.3, -0.25) is 0 Å². The first-order valence-corrected chi connectivity index (χ1v) is 6.20. The number of hydrogen-bond donors (Lipinski definition) is 1. The Morgan fingerprint density at radius 2 is 2.50 bits per heavy atom. The van der Waals surface area contributed by atoms with Gasteiger partial charge in [-0.25, -0.2) is 9.37 Å². The fourth-order valence-corrected chi connectivity index (χ4v) is 2.42. The van der Waals surface area contributed by atoms with Gasteiger partial charge >= 0.3 is 0 Å². The summed E-state index contributed by atoms with van der Waals surface area (Å²) in [5.74, 6) is 0.816. The van der Waals surface area contributed by atoms with Gasteiger partial charge in [0, 0.05) is 23.8 Å². The van der Waals surface area contributed by atoms with Gasteiger partial charge in [-0.2, -0.15) is 0 Å². The summed E-state index contributed by atoms with van der Waals surface area (Å²) in [6.45, 7) is 2.75. The van der Waals surface area contributed by atoms with Gasteiger partial charge < -0.3 is 10.2 Å². The molecule has 0 aliphatic carbocycles. The summed E-state index contributed by atoms with van der Waals surface area (Å²) in [5.41, 5.74) is 0. The van der Waals surface area contributed by atoms with E-state index in [0.29, 0.717) is 16.2 Å². The van der Waals surface area contributed by atoms with Gasteiger partial charge in [0.1, 0.15) is 0 Å². The summed E-state index contributed by atoms with van der Waals surface area (Å²) >= 11 is 3.21. The highest BCUT2D eigenvalue weighted by atomic mass is 79.9. The van der Waals surface area contributed by atoms with E-state index in [9.17, 15) is 4.39 Å². The van der Waals surface area contributed by atoms with Crippen LogP contribution in [0.1, 0.15) is 6.42 Å². The maximum atomic E-state index is 13.7. The van der Waals surface area contributed by atoms with E-state index in [2.05, 4.69) is 26.2 Å². The first-order chi connectivity index (χ1) is 7.70. The minimum absolute atomic E-state index is 0.250. The Morgan fingerprint density at radius 1 is 1.69 bits per heavy atom. The van der Waals surface area contributed by atoms with Gasteiger partial charge in [-0.1, -0.05) is 0 Å². The van der Waals surface area contributed by atoms with E-state index in [4.69, 9.17) is 0 Å². The zero-order chi connectivity index (χ0) is 11.5. The molecule has 2 heterocycles. The lowest BCUT2D eigenvalue weighted by atomic mass is 10.1. The average Bonchev–Trinajstić information content (AvgIpc) is 2.67. The second-order valence-corrected chi connectivity index (χ2v) is 5.03. The number of halogens is 2. The monoisotopic (exact) mass is 287 g/mol. The Labute approximate surface area is 103 Å². The highest BCUT2D eigenvalue weighted by molar-refractivity contribution is 9.10. The number of nitrogens with one attached hydrogen (secondary N) is 1. The van der Waals surface area contributed by atoms with E-state index in [1.807, 2.05) is 11.9 Å². The third-order valence-corrected chi connectivity index (χ3v) is 3.30. The van der Waals surface area contributed by atoms with Crippen LogP contribution in [0.3, 0.4) is 0 Å². The van der Waals surface area contributed by atoms with Crippen molar-refractivity contribution in [3.8, 4) is 0 Å². The molecule has 3 nitrogen and oxygen atoms in total. The van der Waals surface area contributed by atoms with Crippen molar-refractivity contribution in [3.05, 3.63) is 22.6 Å². The number of nitrogens with zero attached hydrogens (tertiary/aromatic N) is 2. The normalized spacial score (nSPS) is 20.4. The lowest BCUT2D eigenvalue weighted by molar-refractivity contribution is 0.547. The average molecular weight is 288 g/mol. The largest absolute Gasteiger partial charge is 0.354 e. The van der Waals surface area contributed by atoms with Crippen molar-refractivity contribution in [2.24, 2.45) is 5.92 Å². The molecule has 1 aliphatic heterocycles. The van der Waals surface area contributed by atoms with Crippen LogP contribution in [0.2, 0.25) is 0 Å². The molecule has 0 radical (unpaired) electrons. The third kappa shape index (κ3) is 2.52. The van der Waals surface area contributed by atoms with Gasteiger partial charge in [0.15, 0.2) is 11.6 Å². The maximum Gasteiger partial charge on any atom is 0.166 e. The lowest BCUT2D eigenvalue weighted by Gasteiger charge is -2.18. The maximum absolute atomic E-state index is 13.7. The summed E-state index contributed by atoms with van der Waals surface area (Å²) < 4.78 is 14.3. The lowest BCUT2D eigenvalue weighted by Crippen LogP contribution is -2.25. The highest BCUT2D eigenvalue weighted by Gasteiger charge is 2.24. The van der Waals surface area contributed by atoms with Crippen LogP contribution in [0, 0.1) is 11.7 Å². The van der Waals surface area contributed by atoms with Crippen LogP contribution in [0.25, 0.3) is 0 Å². The van der Waals surface area contributed by atoms with E-state index in [1.165, 1.54) is 6.07 Å². The third-order valence-electron chi connectivity index (χ3n) is 2.87. The van der Waals surface area contributed by atoms with Gasteiger partial charge in [0.2, 0.25) is 0 Å². The van der Waals surface area contributed by atoms with Crippen LogP contribution >= 0.6 is 15.9 Å². The molecule has 1 aromatic heterocycles. The van der Waals surface area contributed by atoms with Gasteiger partial charge in [0.25, 0.3) is 0 Å². The summed E-state index contributed by atoms with van der Waals surface area (Å²) in [4.78, 5) is 6.16. The van der Waals surface area contributed by atoms with Crippen LogP contribution in [-0.4, -0.2) is 31.7 Å². The minimum atomic E-state index is -0.250. The second kappa shape index (κ2) is 5.10. The second-order valence-electron chi connectivity index (χ2n) is 4.12. The molecular formula is C11H15BrFN3. The quantitative estimate of drug-likeness (QED) is 0.922. The molecule has 1 aromatic rings. The number of anilines is 1. The van der Waals surface area contributed by atoms with Crippen molar-refractivity contribution in [2.45, 2.75) is 6.42 Å². The van der Waals surface area contributed by atoms with E-state index in [0.717, 1.165) is 26.1 Å². The van der Waals surface area contributed by atoms with Gasteiger partial charge in [-0.05, 0) is 47.9 Å². The molecule has 0 saturated carbocycles. The summed E-state index contributed by atoms with van der Waals surface area (Å²) in [6, 6.07) is 1.47. The molecule has 1 saturated heterocycles. The number of hydrogen-bond acceptors (Lipinski definition) is 3. The molecule has 1 atom stereocenters. The van der Waals surface area contributed by atoms with Crippen LogP contribution in [0.15, 0.2) is 16.7 Å². The highest BCUT2D eigenvalue weighted by Crippen LogP contribution is 2.25. The first-order valence-electron chi connectivity index (χ1n) is 5.41. The van der Waals surface area contributed by atoms with Crippen LogP contribution in [0.4, 0.5) is 10.2 Å². The Bertz CT molecular complexity index is 372. The molecule has 0 aromatic carbocycles. The molecule has 16 heavy (non-hydrogen) atoms. The first kappa shape index (κ1) is 11.8. The number of pyridine rings is 1. The Kier molecular flexibility index (Phi) is 3.76. The molecule has 0 bridgehead atoms. The molecule has 88 valence electrons. The SMILES string of the molecule is CNCC1CCN(c2ncc(Br)cc2F)C1. The molecule has 0 amide bonds. The summed E-state index contributed by atoms with van der Waals surface area (Å²) in [7, 11) is 1.95. The van der Waals surface area contributed by atoms with Crippen molar-refractivity contribution >= 4 is 21.7 Å². The smallest absolute Gasteiger partial charge is 0.166 e. The molecule has 1 fully saturated rings. The zero-order valence-electron chi connectivity index (χ0n) is 9.21. The summed E-state index contributed by atoms with van der Waals surface area (Å²) in [5, 5.41) is 3.16. The van der Waals surface area contributed by atoms with E-state index >= 15 is 0 Å². The van der Waals surface area contributed by atoms with E-state index < -0.39 is 0 Å². The zero-order valence-corrected chi connectivity index (χ0v) is 10.8.